The van der Waals surface area contributed by atoms with Gasteiger partial charge in [-0.25, -0.2) is 0 Å². The van der Waals surface area contributed by atoms with Crippen LogP contribution in [0.1, 0.15) is 18.6 Å². The van der Waals surface area contributed by atoms with Crippen molar-refractivity contribution in [2.24, 2.45) is 11.8 Å². The number of aliphatic hydroxyl groups excluding tert-OH is 1. The third-order valence-electron chi connectivity index (χ3n) is 3.17. The predicted molar refractivity (Wildman–Crippen MR) is 77.2 cm³/mol. The molecule has 0 fully saturated rings. The van der Waals surface area contributed by atoms with Crippen molar-refractivity contribution in [3.63, 3.8) is 0 Å². The molecule has 0 aliphatic carbocycles. The van der Waals surface area contributed by atoms with Crippen LogP contribution in [0.2, 0.25) is 0 Å². The number of carbonyl (C=O) groups excluding carboxylic acids is 2. The van der Waals surface area contributed by atoms with E-state index in [0.717, 1.165) is 5.56 Å². The summed E-state index contributed by atoms with van der Waals surface area (Å²) in [6.07, 6.45) is 2.35. The number of esters is 2. The van der Waals surface area contributed by atoms with Gasteiger partial charge in [0.2, 0.25) is 0 Å². The molecule has 0 saturated heterocycles. The van der Waals surface area contributed by atoms with Crippen LogP contribution in [0.3, 0.4) is 0 Å². The van der Waals surface area contributed by atoms with E-state index in [2.05, 4.69) is 9.47 Å². The molecule has 0 aliphatic rings. The Balaban J connectivity index is 2.81. The van der Waals surface area contributed by atoms with Gasteiger partial charge in [-0.1, -0.05) is 49.4 Å². The molecule has 0 radical (unpaired) electrons. The van der Waals surface area contributed by atoms with E-state index in [0.29, 0.717) is 0 Å². The van der Waals surface area contributed by atoms with E-state index >= 15 is 0 Å². The molecule has 0 spiro atoms. The van der Waals surface area contributed by atoms with Crippen LogP contribution in [0.15, 0.2) is 42.5 Å². The summed E-state index contributed by atoms with van der Waals surface area (Å²) >= 11 is 0. The normalized spacial score (nSPS) is 14.0. The fourth-order valence-electron chi connectivity index (χ4n) is 1.93. The van der Waals surface area contributed by atoms with Crippen LogP contribution >= 0.6 is 0 Å². The first-order valence-corrected chi connectivity index (χ1v) is 6.58. The van der Waals surface area contributed by atoms with Gasteiger partial charge in [-0.05, 0) is 11.5 Å². The smallest absolute Gasteiger partial charge is 0.320 e. The molecule has 0 amide bonds. The summed E-state index contributed by atoms with van der Waals surface area (Å²) in [6.45, 7) is 1.69. The Morgan fingerprint density at radius 1 is 1.05 bits per heavy atom. The molecule has 0 saturated carbocycles. The van der Waals surface area contributed by atoms with Crippen LogP contribution < -0.4 is 0 Å². The zero-order chi connectivity index (χ0) is 15.8. The SMILES string of the molecule is COC(=O)C(C(=O)OC)[C@@H](C)/C=C/[C@@H](O)c1ccccc1. The minimum Gasteiger partial charge on any atom is -0.468 e. The van der Waals surface area contributed by atoms with Crippen molar-refractivity contribution in [1.82, 2.24) is 0 Å². The average molecular weight is 292 g/mol. The molecule has 0 aliphatic heterocycles. The maximum absolute atomic E-state index is 11.6. The lowest BCUT2D eigenvalue weighted by molar-refractivity contribution is -0.160. The Hall–Kier alpha value is -2.14. The highest BCUT2D eigenvalue weighted by Crippen LogP contribution is 2.20. The van der Waals surface area contributed by atoms with Gasteiger partial charge in [-0.3, -0.25) is 9.59 Å². The molecule has 0 unspecified atom stereocenters. The first kappa shape index (κ1) is 16.9. The molecule has 5 nitrogen and oxygen atoms in total. The summed E-state index contributed by atoms with van der Waals surface area (Å²) < 4.78 is 9.22. The summed E-state index contributed by atoms with van der Waals surface area (Å²) in [7, 11) is 2.43. The number of hydrogen-bond donors (Lipinski definition) is 1. The van der Waals surface area contributed by atoms with Gasteiger partial charge in [0, 0.05) is 0 Å². The van der Waals surface area contributed by atoms with E-state index in [9.17, 15) is 14.7 Å². The number of allylic oxidation sites excluding steroid dienone is 1. The van der Waals surface area contributed by atoms with Crippen molar-refractivity contribution in [2.45, 2.75) is 13.0 Å². The van der Waals surface area contributed by atoms with E-state index in [1.165, 1.54) is 14.2 Å². The number of hydrogen-bond acceptors (Lipinski definition) is 5. The Morgan fingerprint density at radius 3 is 2.05 bits per heavy atom. The highest BCUT2D eigenvalue weighted by Gasteiger charge is 2.33. The summed E-state index contributed by atoms with van der Waals surface area (Å²) in [6, 6.07) is 9.08. The van der Waals surface area contributed by atoms with E-state index in [-0.39, 0.29) is 0 Å². The van der Waals surface area contributed by atoms with Gasteiger partial charge in [-0.15, -0.1) is 0 Å². The second-order valence-corrected chi connectivity index (χ2v) is 4.62. The Kier molecular flexibility index (Phi) is 6.62. The van der Waals surface area contributed by atoms with Gasteiger partial charge in [0.1, 0.15) is 0 Å². The second kappa shape index (κ2) is 8.21. The van der Waals surface area contributed by atoms with Crippen molar-refractivity contribution < 1.29 is 24.2 Å². The summed E-state index contributed by atoms with van der Waals surface area (Å²) in [5, 5.41) is 10.0. The fraction of sp³-hybridized carbons (Fsp3) is 0.375. The first-order valence-electron chi connectivity index (χ1n) is 6.58. The van der Waals surface area contributed by atoms with Crippen LogP contribution in [-0.4, -0.2) is 31.3 Å². The van der Waals surface area contributed by atoms with E-state index in [4.69, 9.17) is 0 Å². The summed E-state index contributed by atoms with van der Waals surface area (Å²) in [5.74, 6) is -2.82. The molecule has 114 valence electrons. The van der Waals surface area contributed by atoms with E-state index in [1.807, 2.05) is 18.2 Å². The molecule has 21 heavy (non-hydrogen) atoms. The van der Waals surface area contributed by atoms with Gasteiger partial charge in [0.15, 0.2) is 5.92 Å². The van der Waals surface area contributed by atoms with Gasteiger partial charge >= 0.3 is 11.9 Å². The average Bonchev–Trinajstić information content (AvgIpc) is 2.53. The monoisotopic (exact) mass is 292 g/mol. The van der Waals surface area contributed by atoms with Crippen molar-refractivity contribution >= 4 is 11.9 Å². The lowest BCUT2D eigenvalue weighted by Gasteiger charge is -2.17. The van der Waals surface area contributed by atoms with Crippen LogP contribution in [0.25, 0.3) is 0 Å². The molecular weight excluding hydrogens is 272 g/mol. The second-order valence-electron chi connectivity index (χ2n) is 4.62. The van der Waals surface area contributed by atoms with Crippen LogP contribution in [0, 0.1) is 11.8 Å². The first-order chi connectivity index (χ1) is 10.0. The quantitative estimate of drug-likeness (QED) is 0.492. The van der Waals surface area contributed by atoms with Gasteiger partial charge in [-0.2, -0.15) is 0 Å². The Morgan fingerprint density at radius 2 is 1.57 bits per heavy atom. The zero-order valence-electron chi connectivity index (χ0n) is 12.4. The Bertz CT molecular complexity index is 479. The molecule has 5 heteroatoms. The van der Waals surface area contributed by atoms with Crippen molar-refractivity contribution in [1.29, 1.82) is 0 Å². The molecule has 0 bridgehead atoms. The third kappa shape index (κ3) is 4.72. The molecule has 1 aromatic rings. The van der Waals surface area contributed by atoms with Gasteiger partial charge in [0.25, 0.3) is 0 Å². The number of aliphatic hydroxyl groups is 1. The number of rotatable bonds is 6. The lowest BCUT2D eigenvalue weighted by atomic mass is 9.93. The lowest BCUT2D eigenvalue weighted by Crippen LogP contribution is -2.31. The summed E-state index contributed by atoms with van der Waals surface area (Å²) in [5.41, 5.74) is 0.730. The van der Waals surface area contributed by atoms with Crippen LogP contribution in [-0.2, 0) is 19.1 Å². The highest BCUT2D eigenvalue weighted by molar-refractivity contribution is 5.95. The van der Waals surface area contributed by atoms with E-state index in [1.54, 1.807) is 31.2 Å². The maximum Gasteiger partial charge on any atom is 0.320 e. The minimum absolute atomic E-state index is 0.455. The van der Waals surface area contributed by atoms with Crippen LogP contribution in [0.5, 0.6) is 0 Å². The van der Waals surface area contributed by atoms with Crippen molar-refractivity contribution in [3.8, 4) is 0 Å². The maximum atomic E-state index is 11.6. The Labute approximate surface area is 124 Å². The molecule has 1 aromatic carbocycles. The topological polar surface area (TPSA) is 72.8 Å². The van der Waals surface area contributed by atoms with Crippen molar-refractivity contribution in [2.75, 3.05) is 14.2 Å². The summed E-state index contributed by atoms with van der Waals surface area (Å²) in [4.78, 5) is 23.3. The largest absolute Gasteiger partial charge is 0.468 e. The standard InChI is InChI=1S/C16H20O5/c1-11(14(15(18)20-2)16(19)21-3)9-10-13(17)12-7-5-4-6-8-12/h4-11,13-14,17H,1-3H3/b10-9+/t11-,13+/m0/s1. The fourth-order valence-corrected chi connectivity index (χ4v) is 1.93. The van der Waals surface area contributed by atoms with Crippen LogP contribution in [0.4, 0.5) is 0 Å². The molecule has 1 rings (SSSR count). The molecule has 0 heterocycles. The highest BCUT2D eigenvalue weighted by atomic mass is 16.5. The zero-order valence-corrected chi connectivity index (χ0v) is 12.4. The van der Waals surface area contributed by atoms with Gasteiger partial charge < -0.3 is 14.6 Å². The molecular formula is C16H20O5. The van der Waals surface area contributed by atoms with Crippen molar-refractivity contribution in [3.05, 3.63) is 48.0 Å². The molecule has 2 atom stereocenters. The van der Waals surface area contributed by atoms with E-state index < -0.39 is 29.9 Å². The number of ether oxygens (including phenoxy) is 2. The van der Waals surface area contributed by atoms with Gasteiger partial charge in [0.05, 0.1) is 20.3 Å². The number of methoxy groups -OCH3 is 2. The predicted octanol–water partition coefficient (Wildman–Crippen LogP) is 1.87. The molecule has 1 N–H and O–H groups in total. The minimum atomic E-state index is -1.04. The number of carbonyl (C=O) groups is 2. The molecule has 0 aromatic heterocycles. The third-order valence-corrected chi connectivity index (χ3v) is 3.17. The number of benzene rings is 1.